The Bertz CT molecular complexity index is 375. The van der Waals surface area contributed by atoms with Gasteiger partial charge >= 0.3 is 0 Å². The van der Waals surface area contributed by atoms with Crippen molar-refractivity contribution in [3.63, 3.8) is 0 Å². The van der Waals surface area contributed by atoms with Crippen LogP contribution in [0.4, 0.5) is 4.39 Å². The molecule has 1 rings (SSSR count). The SMILES string of the molecule is CC(C)(C=O)c1cc(Br)cc(F)c1O. The molecule has 0 saturated heterocycles. The second-order valence-corrected chi connectivity index (χ2v) is 4.54. The first kappa shape index (κ1) is 11.2. The molecule has 0 aromatic heterocycles. The van der Waals surface area contributed by atoms with Crippen molar-refractivity contribution in [2.75, 3.05) is 0 Å². The van der Waals surface area contributed by atoms with Crippen LogP contribution in [0.1, 0.15) is 19.4 Å². The Labute approximate surface area is 89.9 Å². The van der Waals surface area contributed by atoms with E-state index >= 15 is 0 Å². The van der Waals surface area contributed by atoms with Gasteiger partial charge in [0, 0.05) is 15.5 Å². The molecule has 76 valence electrons. The Morgan fingerprint density at radius 2 is 2.07 bits per heavy atom. The number of benzene rings is 1. The Hall–Kier alpha value is -0.900. The van der Waals surface area contributed by atoms with Gasteiger partial charge in [-0.15, -0.1) is 0 Å². The topological polar surface area (TPSA) is 37.3 Å². The van der Waals surface area contributed by atoms with Crippen molar-refractivity contribution in [2.24, 2.45) is 0 Å². The summed E-state index contributed by atoms with van der Waals surface area (Å²) in [6.45, 7) is 3.22. The lowest BCUT2D eigenvalue weighted by atomic mass is 9.85. The van der Waals surface area contributed by atoms with Crippen LogP contribution in [0, 0.1) is 5.82 Å². The molecule has 0 radical (unpaired) electrons. The summed E-state index contributed by atoms with van der Waals surface area (Å²) in [6.07, 6.45) is 0.675. The maximum absolute atomic E-state index is 13.1. The molecule has 0 atom stereocenters. The summed E-state index contributed by atoms with van der Waals surface area (Å²) in [7, 11) is 0. The number of phenolic OH excluding ortho intramolecular Hbond substituents is 1. The maximum Gasteiger partial charge on any atom is 0.166 e. The van der Waals surface area contributed by atoms with Crippen LogP contribution in [0.3, 0.4) is 0 Å². The zero-order valence-electron chi connectivity index (χ0n) is 7.84. The third-order valence-corrected chi connectivity index (χ3v) is 2.47. The number of carbonyl (C=O) groups excluding carboxylic acids is 1. The van der Waals surface area contributed by atoms with Crippen molar-refractivity contribution in [1.82, 2.24) is 0 Å². The second kappa shape index (κ2) is 3.69. The van der Waals surface area contributed by atoms with E-state index < -0.39 is 17.0 Å². The van der Waals surface area contributed by atoms with Gasteiger partial charge in [0.1, 0.15) is 6.29 Å². The van der Waals surface area contributed by atoms with Crippen LogP contribution in [0.2, 0.25) is 0 Å². The Balaban J connectivity index is 3.41. The summed E-state index contributed by atoms with van der Waals surface area (Å²) in [5, 5.41) is 9.43. The Morgan fingerprint density at radius 1 is 1.50 bits per heavy atom. The molecule has 0 amide bonds. The number of phenols is 1. The van der Waals surface area contributed by atoms with Crippen molar-refractivity contribution in [3.05, 3.63) is 28.0 Å². The summed E-state index contributed by atoms with van der Waals surface area (Å²) < 4.78 is 13.6. The molecule has 0 aliphatic heterocycles. The summed E-state index contributed by atoms with van der Waals surface area (Å²) in [4.78, 5) is 10.8. The van der Waals surface area contributed by atoms with E-state index in [1.54, 1.807) is 13.8 Å². The highest BCUT2D eigenvalue weighted by Crippen LogP contribution is 2.34. The normalized spacial score (nSPS) is 11.4. The largest absolute Gasteiger partial charge is 0.505 e. The smallest absolute Gasteiger partial charge is 0.166 e. The molecule has 4 heteroatoms. The van der Waals surface area contributed by atoms with Gasteiger partial charge in [-0.05, 0) is 26.0 Å². The van der Waals surface area contributed by atoms with Crippen LogP contribution in [0.15, 0.2) is 16.6 Å². The number of hydrogen-bond acceptors (Lipinski definition) is 2. The lowest BCUT2D eigenvalue weighted by Gasteiger charge is -2.19. The van der Waals surface area contributed by atoms with E-state index in [0.29, 0.717) is 10.8 Å². The molecule has 14 heavy (non-hydrogen) atoms. The Kier molecular flexibility index (Phi) is 2.95. The highest BCUT2D eigenvalue weighted by Gasteiger charge is 2.25. The molecular weight excluding hydrogens is 251 g/mol. The van der Waals surface area contributed by atoms with Crippen molar-refractivity contribution >= 4 is 22.2 Å². The predicted molar refractivity (Wildman–Crippen MR) is 54.9 cm³/mol. The predicted octanol–water partition coefficient (Wildman–Crippen LogP) is 2.77. The van der Waals surface area contributed by atoms with E-state index in [1.165, 1.54) is 6.07 Å². The van der Waals surface area contributed by atoms with Gasteiger partial charge in [0.05, 0.1) is 0 Å². The summed E-state index contributed by atoms with van der Waals surface area (Å²) in [5.74, 6) is -1.20. The fourth-order valence-electron chi connectivity index (χ4n) is 1.12. The molecule has 0 heterocycles. The first-order valence-corrected chi connectivity index (χ1v) is 4.82. The highest BCUT2D eigenvalue weighted by molar-refractivity contribution is 9.10. The van der Waals surface area contributed by atoms with E-state index in [0.717, 1.165) is 6.07 Å². The van der Waals surface area contributed by atoms with Crippen molar-refractivity contribution in [3.8, 4) is 5.75 Å². The van der Waals surface area contributed by atoms with Crippen LogP contribution in [0.25, 0.3) is 0 Å². The van der Waals surface area contributed by atoms with E-state index in [9.17, 15) is 14.3 Å². The van der Waals surface area contributed by atoms with Gasteiger partial charge in [-0.3, -0.25) is 0 Å². The van der Waals surface area contributed by atoms with Gasteiger partial charge in [-0.2, -0.15) is 0 Å². The van der Waals surface area contributed by atoms with Gasteiger partial charge in [0.25, 0.3) is 0 Å². The first-order chi connectivity index (χ1) is 6.38. The molecule has 0 aliphatic rings. The summed E-state index contributed by atoms with van der Waals surface area (Å²) in [6, 6.07) is 2.69. The van der Waals surface area contributed by atoms with Gasteiger partial charge < -0.3 is 9.90 Å². The quantitative estimate of drug-likeness (QED) is 0.831. The monoisotopic (exact) mass is 260 g/mol. The minimum absolute atomic E-state index is 0.277. The standard InChI is InChI=1S/C10H10BrFO2/c1-10(2,5-13)7-3-6(11)4-8(12)9(7)14/h3-5,14H,1-2H3. The zero-order chi connectivity index (χ0) is 10.9. The molecule has 0 spiro atoms. The lowest BCUT2D eigenvalue weighted by molar-refractivity contribution is -0.111. The van der Waals surface area contributed by atoms with E-state index in [1.807, 2.05) is 0 Å². The first-order valence-electron chi connectivity index (χ1n) is 4.03. The maximum atomic E-state index is 13.1. The van der Waals surface area contributed by atoms with Gasteiger partial charge in [-0.1, -0.05) is 15.9 Å². The molecular formula is C10H10BrFO2. The third-order valence-electron chi connectivity index (χ3n) is 2.02. The van der Waals surface area contributed by atoms with Gasteiger partial charge in [-0.25, -0.2) is 4.39 Å². The van der Waals surface area contributed by atoms with E-state index in [4.69, 9.17) is 0 Å². The molecule has 0 fully saturated rings. The molecule has 0 unspecified atom stereocenters. The zero-order valence-corrected chi connectivity index (χ0v) is 9.43. The number of rotatable bonds is 2. The average Bonchev–Trinajstić information content (AvgIpc) is 2.11. The van der Waals surface area contributed by atoms with Gasteiger partial charge in [0.15, 0.2) is 11.6 Å². The highest BCUT2D eigenvalue weighted by atomic mass is 79.9. The summed E-state index contributed by atoms with van der Waals surface area (Å²) >= 11 is 3.10. The van der Waals surface area contributed by atoms with Gasteiger partial charge in [0.2, 0.25) is 0 Å². The lowest BCUT2D eigenvalue weighted by Crippen LogP contribution is -2.19. The van der Waals surface area contributed by atoms with Crippen LogP contribution in [-0.2, 0) is 10.2 Å². The van der Waals surface area contributed by atoms with E-state index in [-0.39, 0.29) is 5.56 Å². The molecule has 0 aliphatic carbocycles. The third kappa shape index (κ3) is 1.95. The number of hydrogen-bond donors (Lipinski definition) is 1. The second-order valence-electron chi connectivity index (χ2n) is 3.62. The molecule has 0 saturated carbocycles. The minimum Gasteiger partial charge on any atom is -0.505 e. The summed E-state index contributed by atoms with van der Waals surface area (Å²) in [5.41, 5.74) is -0.617. The molecule has 1 aromatic carbocycles. The van der Waals surface area contributed by atoms with Crippen LogP contribution in [0.5, 0.6) is 5.75 Å². The molecule has 1 aromatic rings. The fourth-order valence-corrected chi connectivity index (χ4v) is 1.55. The molecule has 1 N–H and O–H groups in total. The minimum atomic E-state index is -0.894. The van der Waals surface area contributed by atoms with Crippen LogP contribution < -0.4 is 0 Å². The fraction of sp³-hybridized carbons (Fsp3) is 0.300. The van der Waals surface area contributed by atoms with Crippen LogP contribution >= 0.6 is 15.9 Å². The Morgan fingerprint density at radius 3 is 2.57 bits per heavy atom. The average molecular weight is 261 g/mol. The number of aldehydes is 1. The van der Waals surface area contributed by atoms with Crippen molar-refractivity contribution in [2.45, 2.75) is 19.3 Å². The van der Waals surface area contributed by atoms with Crippen molar-refractivity contribution < 1.29 is 14.3 Å². The van der Waals surface area contributed by atoms with Crippen molar-refractivity contribution in [1.29, 1.82) is 0 Å². The molecule has 0 bridgehead atoms. The molecule has 2 nitrogen and oxygen atoms in total. The number of carbonyl (C=O) groups is 1. The number of halogens is 2. The van der Waals surface area contributed by atoms with E-state index in [2.05, 4.69) is 15.9 Å². The van der Waals surface area contributed by atoms with Crippen LogP contribution in [-0.4, -0.2) is 11.4 Å². The number of aromatic hydroxyl groups is 1.